The normalized spacial score (nSPS) is 11.1. The van der Waals surface area contributed by atoms with Crippen molar-refractivity contribution in [3.63, 3.8) is 0 Å². The van der Waals surface area contributed by atoms with Gasteiger partial charge in [-0.05, 0) is 36.4 Å². The first-order valence-electron chi connectivity index (χ1n) is 8.60. The van der Waals surface area contributed by atoms with E-state index < -0.39 is 6.36 Å². The van der Waals surface area contributed by atoms with Crippen LogP contribution >= 0.6 is 11.3 Å². The van der Waals surface area contributed by atoms with Crippen LogP contribution in [0.4, 0.5) is 18.9 Å². The molecule has 0 aliphatic carbocycles. The number of carbonyl (C=O) groups is 1. The van der Waals surface area contributed by atoms with Crippen molar-refractivity contribution in [2.75, 3.05) is 19.5 Å². The molecule has 1 heterocycles. The third kappa shape index (κ3) is 5.63. The van der Waals surface area contributed by atoms with Crippen molar-refractivity contribution in [3.05, 3.63) is 53.5 Å². The monoisotopic (exact) mass is 438 g/mol. The fourth-order valence-electron chi connectivity index (χ4n) is 2.58. The van der Waals surface area contributed by atoms with Gasteiger partial charge in [0.25, 0.3) is 0 Å². The van der Waals surface area contributed by atoms with Crippen LogP contribution in [0.15, 0.2) is 48.7 Å². The zero-order valence-electron chi connectivity index (χ0n) is 15.9. The predicted molar refractivity (Wildman–Crippen MR) is 106 cm³/mol. The van der Waals surface area contributed by atoms with Crippen LogP contribution in [0.3, 0.4) is 0 Å². The topological polar surface area (TPSA) is 69.7 Å². The van der Waals surface area contributed by atoms with Crippen molar-refractivity contribution in [1.29, 1.82) is 0 Å². The molecule has 0 aliphatic rings. The number of amides is 1. The minimum absolute atomic E-state index is 0.0854. The zero-order chi connectivity index (χ0) is 21.7. The van der Waals surface area contributed by atoms with Crippen molar-refractivity contribution in [3.8, 4) is 27.8 Å². The number of carbonyl (C=O) groups excluding carboxylic acids is 1. The second-order valence-electron chi connectivity index (χ2n) is 6.00. The number of nitrogens with zero attached hydrogens (tertiary/aromatic N) is 1. The minimum atomic E-state index is -4.74. The Morgan fingerprint density at radius 1 is 1.07 bits per heavy atom. The van der Waals surface area contributed by atoms with E-state index in [1.165, 1.54) is 49.8 Å². The van der Waals surface area contributed by atoms with E-state index in [9.17, 15) is 18.0 Å². The average Bonchev–Trinajstić information content (AvgIpc) is 3.16. The first-order chi connectivity index (χ1) is 14.3. The molecule has 0 saturated heterocycles. The number of halogens is 3. The van der Waals surface area contributed by atoms with Gasteiger partial charge in [0.2, 0.25) is 5.91 Å². The summed E-state index contributed by atoms with van der Waals surface area (Å²) in [6, 6.07) is 10.4. The Balaban J connectivity index is 1.65. The number of aromatic nitrogens is 1. The van der Waals surface area contributed by atoms with E-state index in [1.54, 1.807) is 24.4 Å². The van der Waals surface area contributed by atoms with Gasteiger partial charge in [0, 0.05) is 22.7 Å². The number of anilines is 1. The lowest BCUT2D eigenvalue weighted by Crippen LogP contribution is -2.16. The van der Waals surface area contributed by atoms with Crippen LogP contribution in [-0.4, -0.2) is 31.5 Å². The summed E-state index contributed by atoms with van der Waals surface area (Å²) in [4.78, 5) is 17.3. The van der Waals surface area contributed by atoms with E-state index in [0.29, 0.717) is 32.6 Å². The highest BCUT2D eigenvalue weighted by atomic mass is 32.1. The van der Waals surface area contributed by atoms with Crippen molar-refractivity contribution in [2.24, 2.45) is 0 Å². The molecule has 3 rings (SSSR count). The molecule has 0 unspecified atom stereocenters. The first-order valence-corrected chi connectivity index (χ1v) is 9.42. The summed E-state index contributed by atoms with van der Waals surface area (Å²) < 4.78 is 51.0. The summed E-state index contributed by atoms with van der Waals surface area (Å²) >= 11 is 1.27. The number of thiazole rings is 1. The third-order valence-corrected chi connectivity index (χ3v) is 4.95. The Labute approximate surface area is 174 Å². The summed E-state index contributed by atoms with van der Waals surface area (Å²) in [6.07, 6.45) is -3.09. The second-order valence-corrected chi connectivity index (χ2v) is 7.11. The maximum Gasteiger partial charge on any atom is 0.573 e. The van der Waals surface area contributed by atoms with Crippen LogP contribution in [0.2, 0.25) is 0 Å². The maximum absolute atomic E-state index is 12.4. The van der Waals surface area contributed by atoms with E-state index in [0.717, 1.165) is 0 Å². The third-order valence-electron chi connectivity index (χ3n) is 3.91. The second kappa shape index (κ2) is 9.04. The Kier molecular flexibility index (Phi) is 6.46. The molecule has 158 valence electrons. The van der Waals surface area contributed by atoms with Gasteiger partial charge in [-0.1, -0.05) is 0 Å². The molecule has 0 saturated carbocycles. The molecule has 2 aromatic carbocycles. The van der Waals surface area contributed by atoms with Gasteiger partial charge in [-0.3, -0.25) is 4.79 Å². The maximum atomic E-state index is 12.4. The lowest BCUT2D eigenvalue weighted by Gasteiger charge is -2.11. The van der Waals surface area contributed by atoms with E-state index in [-0.39, 0.29) is 18.1 Å². The highest BCUT2D eigenvalue weighted by Gasteiger charge is 2.31. The van der Waals surface area contributed by atoms with Gasteiger partial charge in [-0.2, -0.15) is 0 Å². The van der Waals surface area contributed by atoms with Crippen molar-refractivity contribution in [2.45, 2.75) is 12.8 Å². The van der Waals surface area contributed by atoms with Gasteiger partial charge in [0.1, 0.15) is 22.3 Å². The Bertz CT molecular complexity index is 1020. The number of nitrogens with one attached hydrogen (secondary N) is 1. The zero-order valence-corrected chi connectivity index (χ0v) is 16.8. The summed E-state index contributed by atoms with van der Waals surface area (Å²) in [6.45, 7) is 0. The fraction of sp³-hybridized carbons (Fsp3) is 0.200. The van der Waals surface area contributed by atoms with Crippen LogP contribution in [0.25, 0.3) is 10.6 Å². The largest absolute Gasteiger partial charge is 0.573 e. The van der Waals surface area contributed by atoms with Crippen LogP contribution in [0.5, 0.6) is 17.2 Å². The summed E-state index contributed by atoms with van der Waals surface area (Å²) in [5, 5.41) is 3.36. The molecule has 10 heteroatoms. The average molecular weight is 438 g/mol. The Morgan fingerprint density at radius 2 is 1.77 bits per heavy atom. The molecule has 0 spiro atoms. The van der Waals surface area contributed by atoms with Crippen molar-refractivity contribution < 1.29 is 32.2 Å². The SMILES string of the molecule is COc1ccc(NC(=O)Cc2cnc(-c3ccc(OC(F)(F)F)cc3)s2)c(OC)c1. The molecule has 0 radical (unpaired) electrons. The number of hydrogen-bond donors (Lipinski definition) is 1. The van der Waals surface area contributed by atoms with Gasteiger partial charge >= 0.3 is 6.36 Å². The fourth-order valence-corrected chi connectivity index (χ4v) is 3.49. The van der Waals surface area contributed by atoms with E-state index >= 15 is 0 Å². The molecule has 3 aromatic rings. The first kappa shape index (κ1) is 21.4. The Morgan fingerprint density at radius 3 is 2.40 bits per heavy atom. The number of ether oxygens (including phenoxy) is 3. The molecule has 1 amide bonds. The van der Waals surface area contributed by atoms with E-state index in [2.05, 4.69) is 15.0 Å². The number of hydrogen-bond acceptors (Lipinski definition) is 6. The molecular weight excluding hydrogens is 421 g/mol. The predicted octanol–water partition coefficient (Wildman–Crippen LogP) is 4.91. The minimum Gasteiger partial charge on any atom is -0.497 e. The van der Waals surface area contributed by atoms with Gasteiger partial charge in [-0.25, -0.2) is 4.98 Å². The standard InChI is InChI=1S/C20H17F3N2O4S/c1-27-14-7-8-16(17(9-14)28-2)25-18(26)10-15-11-24-19(30-15)12-3-5-13(6-4-12)29-20(21,22)23/h3-9,11H,10H2,1-2H3,(H,25,26). The lowest BCUT2D eigenvalue weighted by molar-refractivity contribution is -0.274. The van der Waals surface area contributed by atoms with Gasteiger partial charge < -0.3 is 19.5 Å². The number of benzene rings is 2. The van der Waals surface area contributed by atoms with E-state index in [1.807, 2.05) is 0 Å². The number of rotatable bonds is 7. The highest BCUT2D eigenvalue weighted by Crippen LogP contribution is 2.31. The summed E-state index contributed by atoms with van der Waals surface area (Å²) in [7, 11) is 3.02. The molecule has 30 heavy (non-hydrogen) atoms. The molecule has 0 bridgehead atoms. The quantitative estimate of drug-likeness (QED) is 0.568. The van der Waals surface area contributed by atoms with Gasteiger partial charge in [-0.15, -0.1) is 24.5 Å². The van der Waals surface area contributed by atoms with Crippen LogP contribution < -0.4 is 19.5 Å². The van der Waals surface area contributed by atoms with Gasteiger partial charge in [0.05, 0.1) is 26.3 Å². The van der Waals surface area contributed by atoms with Crippen molar-refractivity contribution in [1.82, 2.24) is 4.98 Å². The number of methoxy groups -OCH3 is 2. The van der Waals surface area contributed by atoms with Crippen molar-refractivity contribution >= 4 is 22.9 Å². The molecule has 6 nitrogen and oxygen atoms in total. The molecular formula is C20H17F3N2O4S. The molecule has 0 atom stereocenters. The smallest absolute Gasteiger partial charge is 0.497 e. The summed E-state index contributed by atoms with van der Waals surface area (Å²) in [5.74, 6) is 0.496. The van der Waals surface area contributed by atoms with E-state index in [4.69, 9.17) is 9.47 Å². The highest BCUT2D eigenvalue weighted by molar-refractivity contribution is 7.15. The lowest BCUT2D eigenvalue weighted by atomic mass is 10.2. The summed E-state index contributed by atoms with van der Waals surface area (Å²) in [5.41, 5.74) is 1.13. The molecule has 1 N–H and O–H groups in total. The van der Waals surface area contributed by atoms with Crippen LogP contribution in [-0.2, 0) is 11.2 Å². The van der Waals surface area contributed by atoms with Crippen LogP contribution in [0, 0.1) is 0 Å². The Hall–Kier alpha value is -3.27. The molecule has 0 aliphatic heterocycles. The van der Waals surface area contributed by atoms with Gasteiger partial charge in [0.15, 0.2) is 0 Å². The number of alkyl halides is 3. The molecule has 1 aromatic heterocycles. The van der Waals surface area contributed by atoms with Crippen LogP contribution in [0.1, 0.15) is 4.88 Å². The molecule has 0 fully saturated rings.